The van der Waals surface area contributed by atoms with E-state index >= 15 is 0 Å². The maximum atomic E-state index is 12.2. The Kier molecular flexibility index (Phi) is 5.53. The monoisotopic (exact) mass is 328 g/mol. The van der Waals surface area contributed by atoms with E-state index < -0.39 is 5.97 Å². The first-order valence-electron chi connectivity index (χ1n) is 8.69. The van der Waals surface area contributed by atoms with Gasteiger partial charge in [0.05, 0.1) is 0 Å². The average molecular weight is 328 g/mol. The van der Waals surface area contributed by atoms with Crippen molar-refractivity contribution < 1.29 is 14.6 Å². The molecule has 1 aromatic rings. The zero-order valence-electron chi connectivity index (χ0n) is 15.1. The summed E-state index contributed by atoms with van der Waals surface area (Å²) in [5, 5.41) is 9.76. The lowest BCUT2D eigenvalue weighted by molar-refractivity contribution is 0.0621. The highest BCUT2D eigenvalue weighted by atomic mass is 16.5. The zero-order chi connectivity index (χ0) is 17.8. The van der Waals surface area contributed by atoms with E-state index in [-0.39, 0.29) is 22.1 Å². The normalized spacial score (nSPS) is 20.6. The summed E-state index contributed by atoms with van der Waals surface area (Å²) in [5.41, 5.74) is 0.418. The van der Waals surface area contributed by atoms with E-state index in [1.54, 1.807) is 18.2 Å². The van der Waals surface area contributed by atoms with Crippen molar-refractivity contribution in [3.8, 4) is 5.75 Å². The second-order valence-corrected chi connectivity index (χ2v) is 7.56. The maximum absolute atomic E-state index is 12.2. The fourth-order valence-electron chi connectivity index (χ4n) is 3.15. The number of carbonyl (C=O) groups excluding carboxylic acids is 1. The molecule has 1 aliphatic carbocycles. The van der Waals surface area contributed by atoms with Gasteiger partial charge < -0.3 is 9.84 Å². The van der Waals surface area contributed by atoms with Crippen molar-refractivity contribution >= 4 is 5.97 Å². The van der Waals surface area contributed by atoms with Gasteiger partial charge >= 0.3 is 5.97 Å². The van der Waals surface area contributed by atoms with Crippen LogP contribution in [0.2, 0.25) is 0 Å². The number of phenols is 1. The van der Waals surface area contributed by atoms with E-state index in [9.17, 15) is 9.90 Å². The van der Waals surface area contributed by atoms with Crippen molar-refractivity contribution in [1.82, 2.24) is 0 Å². The van der Waals surface area contributed by atoms with Crippen LogP contribution in [0.1, 0.15) is 63.7 Å². The molecule has 0 aliphatic heterocycles. The molecule has 1 N–H and O–H groups in total. The van der Waals surface area contributed by atoms with Gasteiger partial charge in [0.1, 0.15) is 17.1 Å². The number of para-hydroxylation sites is 1. The Balaban J connectivity index is 2.11. The van der Waals surface area contributed by atoms with Crippen molar-refractivity contribution in [2.24, 2.45) is 10.8 Å². The van der Waals surface area contributed by atoms with Crippen LogP contribution in [0.4, 0.5) is 0 Å². The van der Waals surface area contributed by atoms with Crippen LogP contribution < -0.4 is 0 Å². The number of phenolic OH excluding ortho intramolecular Hbond substituents is 1. The molecule has 1 unspecified atom stereocenters. The second kappa shape index (κ2) is 7.25. The van der Waals surface area contributed by atoms with Crippen LogP contribution in [-0.4, -0.2) is 11.1 Å². The number of unbranched alkanes of at least 4 members (excludes halogenated alkanes) is 1. The quantitative estimate of drug-likeness (QED) is 0.714. The number of ether oxygens (including phenoxy) is 1. The first kappa shape index (κ1) is 18.3. The minimum atomic E-state index is -0.527. The third-order valence-electron chi connectivity index (χ3n) is 5.04. The van der Waals surface area contributed by atoms with Crippen LogP contribution in [0, 0.1) is 10.8 Å². The van der Waals surface area contributed by atoms with Gasteiger partial charge in [0.15, 0.2) is 0 Å². The lowest BCUT2D eigenvalue weighted by atomic mass is 9.61. The average Bonchev–Trinajstić information content (AvgIpc) is 2.53. The van der Waals surface area contributed by atoms with Gasteiger partial charge in [-0.25, -0.2) is 4.79 Å². The predicted molar refractivity (Wildman–Crippen MR) is 96.8 cm³/mol. The Morgan fingerprint density at radius 3 is 2.54 bits per heavy atom. The molecular formula is C21H28O3. The summed E-state index contributed by atoms with van der Waals surface area (Å²) in [4.78, 5) is 12.2. The van der Waals surface area contributed by atoms with Gasteiger partial charge in [0, 0.05) is 0 Å². The van der Waals surface area contributed by atoms with Crippen LogP contribution in [0.5, 0.6) is 5.75 Å². The van der Waals surface area contributed by atoms with Gasteiger partial charge in [-0.2, -0.15) is 0 Å². The van der Waals surface area contributed by atoms with Gasteiger partial charge in [-0.3, -0.25) is 0 Å². The number of rotatable bonds is 5. The molecule has 3 heteroatoms. The molecule has 24 heavy (non-hydrogen) atoms. The van der Waals surface area contributed by atoms with E-state index in [0.29, 0.717) is 5.76 Å². The van der Waals surface area contributed by atoms with E-state index in [4.69, 9.17) is 4.74 Å². The van der Waals surface area contributed by atoms with Crippen molar-refractivity contribution in [3.63, 3.8) is 0 Å². The highest BCUT2D eigenvalue weighted by Gasteiger charge is 2.39. The standard InChI is InChI=1S/C21H28O3/c1-5-6-13-21(20(2,3)4)14-11-16(12-15-21)24-19(23)17-9-7-8-10-18(17)22/h7-12,14,22H,5-6,13,15H2,1-4H3. The number of benzene rings is 1. The molecule has 0 saturated heterocycles. The lowest BCUT2D eigenvalue weighted by Crippen LogP contribution is -2.35. The van der Waals surface area contributed by atoms with Crippen molar-refractivity contribution in [2.75, 3.05) is 0 Å². The van der Waals surface area contributed by atoms with E-state index in [1.807, 2.05) is 12.2 Å². The fourth-order valence-corrected chi connectivity index (χ4v) is 3.15. The number of esters is 1. The molecule has 0 heterocycles. The number of hydrogen-bond donors (Lipinski definition) is 1. The van der Waals surface area contributed by atoms with E-state index in [0.717, 1.165) is 12.8 Å². The van der Waals surface area contributed by atoms with Crippen molar-refractivity contribution in [2.45, 2.75) is 53.4 Å². The first-order chi connectivity index (χ1) is 11.3. The highest BCUT2D eigenvalue weighted by molar-refractivity contribution is 5.93. The third kappa shape index (κ3) is 3.89. The largest absolute Gasteiger partial charge is 0.507 e. The molecule has 0 radical (unpaired) electrons. The van der Waals surface area contributed by atoms with E-state index in [2.05, 4.69) is 33.8 Å². The predicted octanol–water partition coefficient (Wildman–Crippen LogP) is 5.62. The molecule has 0 aromatic heterocycles. The van der Waals surface area contributed by atoms with Crippen LogP contribution in [-0.2, 0) is 4.74 Å². The molecule has 0 saturated carbocycles. The summed E-state index contributed by atoms with van der Waals surface area (Å²) < 4.78 is 5.44. The summed E-state index contributed by atoms with van der Waals surface area (Å²) in [6, 6.07) is 6.43. The molecule has 1 aromatic carbocycles. The number of allylic oxidation sites excluding steroid dienone is 3. The third-order valence-corrected chi connectivity index (χ3v) is 5.04. The Bertz CT molecular complexity index is 649. The minimum absolute atomic E-state index is 0.0603. The zero-order valence-corrected chi connectivity index (χ0v) is 15.1. The summed E-state index contributed by atoms with van der Waals surface area (Å²) in [5.74, 6) is -0.0321. The number of hydrogen-bond acceptors (Lipinski definition) is 3. The Hall–Kier alpha value is -2.03. The number of aromatic hydroxyl groups is 1. The summed E-state index contributed by atoms with van der Waals surface area (Å²) in [7, 11) is 0. The van der Waals surface area contributed by atoms with Crippen LogP contribution in [0.25, 0.3) is 0 Å². The van der Waals surface area contributed by atoms with Gasteiger partial charge in [0.2, 0.25) is 0 Å². The van der Waals surface area contributed by atoms with Gasteiger partial charge in [-0.15, -0.1) is 0 Å². The van der Waals surface area contributed by atoms with Crippen molar-refractivity contribution in [3.05, 3.63) is 53.8 Å². The number of carbonyl (C=O) groups is 1. The molecule has 0 amide bonds. The highest BCUT2D eigenvalue weighted by Crippen LogP contribution is 2.49. The molecular weight excluding hydrogens is 300 g/mol. The smallest absolute Gasteiger partial charge is 0.347 e. The van der Waals surface area contributed by atoms with Gasteiger partial charge in [0.25, 0.3) is 0 Å². The molecule has 0 fully saturated rings. The van der Waals surface area contributed by atoms with Gasteiger partial charge in [-0.1, -0.05) is 58.7 Å². The molecule has 0 bridgehead atoms. The van der Waals surface area contributed by atoms with Crippen LogP contribution in [0.15, 0.2) is 48.3 Å². The maximum Gasteiger partial charge on any atom is 0.347 e. The SMILES string of the molecule is CCCCC1(C(C)(C)C)C=CC(OC(=O)c2ccccc2O)=CC1. The van der Waals surface area contributed by atoms with Crippen LogP contribution in [0.3, 0.4) is 0 Å². The lowest BCUT2D eigenvalue weighted by Gasteiger charge is -2.44. The Morgan fingerprint density at radius 1 is 1.29 bits per heavy atom. The summed E-state index contributed by atoms with van der Waals surface area (Å²) >= 11 is 0. The molecule has 1 atom stereocenters. The fraction of sp³-hybridized carbons (Fsp3) is 0.476. The molecule has 2 rings (SSSR count). The molecule has 0 spiro atoms. The molecule has 130 valence electrons. The first-order valence-corrected chi connectivity index (χ1v) is 8.69. The van der Waals surface area contributed by atoms with Gasteiger partial charge in [-0.05, 0) is 48.0 Å². The van der Waals surface area contributed by atoms with Crippen LogP contribution >= 0.6 is 0 Å². The Labute approximate surface area is 145 Å². The van der Waals surface area contributed by atoms with Crippen molar-refractivity contribution in [1.29, 1.82) is 0 Å². The summed E-state index contributed by atoms with van der Waals surface area (Å²) in [6.07, 6.45) is 10.4. The minimum Gasteiger partial charge on any atom is -0.507 e. The summed E-state index contributed by atoms with van der Waals surface area (Å²) in [6.45, 7) is 9.00. The topological polar surface area (TPSA) is 46.5 Å². The molecule has 3 nitrogen and oxygen atoms in total. The Morgan fingerprint density at radius 2 is 2.00 bits per heavy atom. The molecule has 1 aliphatic rings. The second-order valence-electron chi connectivity index (χ2n) is 7.56. The van der Waals surface area contributed by atoms with E-state index in [1.165, 1.54) is 18.9 Å².